The van der Waals surface area contributed by atoms with Gasteiger partial charge in [-0.2, -0.15) is 0 Å². The summed E-state index contributed by atoms with van der Waals surface area (Å²) in [6.45, 7) is 8.96. The van der Waals surface area contributed by atoms with E-state index in [9.17, 15) is 0 Å². The largest absolute Gasteiger partial charge is 0.363 e. The number of hydrogen-bond donors (Lipinski definition) is 1. The molecule has 34 heavy (non-hydrogen) atoms. The Bertz CT molecular complexity index is 1300. The molecule has 0 amide bonds. The Labute approximate surface area is 201 Å². The number of nitrogens with one attached hydrogen (secondary N) is 1. The highest BCUT2D eigenvalue weighted by Gasteiger charge is 2.45. The summed E-state index contributed by atoms with van der Waals surface area (Å²) in [4.78, 5) is 9.77. The Balaban J connectivity index is 1.32. The number of rotatable bonds is 6. The Kier molecular flexibility index (Phi) is 5.26. The van der Waals surface area contributed by atoms with Gasteiger partial charge < -0.3 is 10.2 Å². The van der Waals surface area contributed by atoms with Gasteiger partial charge in [0.2, 0.25) is 0 Å². The second-order valence-corrected chi connectivity index (χ2v) is 9.91. The number of piperazine rings is 1. The van der Waals surface area contributed by atoms with Crippen LogP contribution in [0.1, 0.15) is 38.8 Å². The molecule has 3 atom stereocenters. The van der Waals surface area contributed by atoms with Crippen molar-refractivity contribution in [3.05, 3.63) is 78.5 Å². The van der Waals surface area contributed by atoms with Crippen molar-refractivity contribution >= 4 is 22.5 Å². The number of para-hydroxylation sites is 1. The lowest BCUT2D eigenvalue weighted by molar-refractivity contribution is 0.191. The van der Waals surface area contributed by atoms with Gasteiger partial charge in [0.05, 0.1) is 11.2 Å². The lowest BCUT2D eigenvalue weighted by atomic mass is 10.1. The summed E-state index contributed by atoms with van der Waals surface area (Å²) in [5.41, 5.74) is 3.39. The Morgan fingerprint density at radius 2 is 1.71 bits per heavy atom. The number of nitrogens with zero attached hydrogens (tertiary/aromatic N) is 5. The maximum atomic E-state index is 5.18. The van der Waals surface area contributed by atoms with Gasteiger partial charge in [-0.15, -0.1) is 5.10 Å². The number of benzene rings is 2. The molecular weight excluding hydrogens is 420 g/mol. The predicted molar refractivity (Wildman–Crippen MR) is 139 cm³/mol. The second-order valence-electron chi connectivity index (χ2n) is 9.91. The first-order chi connectivity index (χ1) is 16.6. The molecule has 2 aliphatic rings. The summed E-state index contributed by atoms with van der Waals surface area (Å²) in [6, 6.07) is 25.1. The third-order valence-electron chi connectivity index (χ3n) is 7.44. The van der Waals surface area contributed by atoms with E-state index in [4.69, 9.17) is 5.10 Å². The third-order valence-corrected chi connectivity index (χ3v) is 7.44. The highest BCUT2D eigenvalue weighted by atomic mass is 15.4. The number of pyridine rings is 1. The zero-order valence-electron chi connectivity index (χ0n) is 20.1. The lowest BCUT2D eigenvalue weighted by Gasteiger charge is -2.36. The van der Waals surface area contributed by atoms with Crippen LogP contribution in [0.15, 0.2) is 72.9 Å². The average Bonchev–Trinajstić information content (AvgIpc) is 3.57. The number of hydrogen-bond acceptors (Lipinski definition) is 5. The van der Waals surface area contributed by atoms with Crippen molar-refractivity contribution in [2.45, 2.75) is 51.4 Å². The molecule has 0 saturated carbocycles. The lowest BCUT2D eigenvalue weighted by Crippen LogP contribution is -2.49. The SMILES string of the molecule is CC(C)N1CC2CC1CN2c1nn(-c2ccnc(N[C@@H](C)c3ccccc3)c2)c2ccccc12. The van der Waals surface area contributed by atoms with E-state index in [0.717, 1.165) is 35.9 Å². The number of fused-ring (bicyclic) bond motifs is 3. The van der Waals surface area contributed by atoms with Gasteiger partial charge in [0, 0.05) is 54.9 Å². The van der Waals surface area contributed by atoms with Gasteiger partial charge in [0.25, 0.3) is 0 Å². The third kappa shape index (κ3) is 3.62. The van der Waals surface area contributed by atoms with E-state index in [1.54, 1.807) is 0 Å². The van der Waals surface area contributed by atoms with Crippen molar-refractivity contribution in [2.75, 3.05) is 23.3 Å². The molecule has 0 spiro atoms. The smallest absolute Gasteiger partial charge is 0.159 e. The van der Waals surface area contributed by atoms with Crippen molar-refractivity contribution in [1.29, 1.82) is 0 Å². The second kappa shape index (κ2) is 8.44. The van der Waals surface area contributed by atoms with E-state index in [1.807, 2.05) is 18.3 Å². The fourth-order valence-electron chi connectivity index (χ4n) is 5.73. The Hall–Kier alpha value is -3.38. The fourth-order valence-corrected chi connectivity index (χ4v) is 5.73. The van der Waals surface area contributed by atoms with Gasteiger partial charge in [-0.1, -0.05) is 42.5 Å². The first-order valence-electron chi connectivity index (χ1n) is 12.4. The predicted octanol–water partition coefficient (Wildman–Crippen LogP) is 5.26. The molecule has 2 aromatic heterocycles. The van der Waals surface area contributed by atoms with Crippen LogP contribution in [0.2, 0.25) is 0 Å². The van der Waals surface area contributed by atoms with E-state index >= 15 is 0 Å². The molecule has 2 fully saturated rings. The molecule has 2 unspecified atom stereocenters. The standard InChI is InChI=1S/C28H32N6/c1-19(2)32-17-24-15-23(32)18-33(24)28-25-11-7-8-12-26(25)34(31-28)22-13-14-29-27(16-22)30-20(3)21-9-5-4-6-10-21/h4-14,16,19-20,23-24H,15,17-18H2,1-3H3,(H,29,30)/t20-,23?,24?/m0/s1. The van der Waals surface area contributed by atoms with E-state index < -0.39 is 0 Å². The topological polar surface area (TPSA) is 49.2 Å². The molecule has 0 radical (unpaired) electrons. The Morgan fingerprint density at radius 1 is 0.912 bits per heavy atom. The molecule has 2 bridgehead atoms. The highest BCUT2D eigenvalue weighted by molar-refractivity contribution is 5.92. The molecule has 2 aliphatic heterocycles. The van der Waals surface area contributed by atoms with Gasteiger partial charge >= 0.3 is 0 Å². The minimum atomic E-state index is 0.165. The van der Waals surface area contributed by atoms with Crippen molar-refractivity contribution in [3.63, 3.8) is 0 Å². The van der Waals surface area contributed by atoms with Crippen LogP contribution in [0.4, 0.5) is 11.6 Å². The van der Waals surface area contributed by atoms with Crippen LogP contribution >= 0.6 is 0 Å². The molecule has 6 heteroatoms. The number of anilines is 2. The Morgan fingerprint density at radius 3 is 2.47 bits per heavy atom. The van der Waals surface area contributed by atoms with Gasteiger partial charge in [0.1, 0.15) is 5.82 Å². The number of aromatic nitrogens is 3. The average molecular weight is 453 g/mol. The molecule has 0 aliphatic carbocycles. The summed E-state index contributed by atoms with van der Waals surface area (Å²) in [5.74, 6) is 1.96. The normalized spacial score (nSPS) is 21.0. The highest BCUT2D eigenvalue weighted by Crippen LogP contribution is 2.38. The molecule has 4 heterocycles. The summed E-state index contributed by atoms with van der Waals surface area (Å²) >= 11 is 0. The van der Waals surface area contributed by atoms with Crippen molar-refractivity contribution in [1.82, 2.24) is 19.7 Å². The van der Waals surface area contributed by atoms with E-state index in [0.29, 0.717) is 18.1 Å². The van der Waals surface area contributed by atoms with E-state index in [-0.39, 0.29) is 6.04 Å². The summed E-state index contributed by atoms with van der Waals surface area (Å²) in [6.07, 6.45) is 3.10. The number of likely N-dealkylation sites (tertiary alicyclic amines) is 1. The van der Waals surface area contributed by atoms with Crippen molar-refractivity contribution < 1.29 is 0 Å². The maximum absolute atomic E-state index is 5.18. The van der Waals surface area contributed by atoms with Crippen molar-refractivity contribution in [2.24, 2.45) is 0 Å². The molecular formula is C28H32N6. The maximum Gasteiger partial charge on any atom is 0.159 e. The van der Waals surface area contributed by atoms with Gasteiger partial charge in [-0.3, -0.25) is 4.90 Å². The molecule has 4 aromatic rings. The monoisotopic (exact) mass is 452 g/mol. The van der Waals surface area contributed by atoms with Crippen LogP contribution in [-0.4, -0.2) is 50.9 Å². The van der Waals surface area contributed by atoms with Gasteiger partial charge in [-0.25, -0.2) is 9.67 Å². The molecule has 6 nitrogen and oxygen atoms in total. The summed E-state index contributed by atoms with van der Waals surface area (Å²) in [7, 11) is 0. The van der Waals surface area contributed by atoms with Crippen LogP contribution in [-0.2, 0) is 0 Å². The minimum absolute atomic E-state index is 0.165. The zero-order valence-corrected chi connectivity index (χ0v) is 20.1. The summed E-state index contributed by atoms with van der Waals surface area (Å²) in [5, 5.41) is 9.94. The molecule has 1 N–H and O–H groups in total. The fraction of sp³-hybridized carbons (Fsp3) is 0.357. The zero-order chi connectivity index (χ0) is 23.2. The molecule has 174 valence electrons. The molecule has 2 saturated heterocycles. The molecule has 2 aromatic carbocycles. The van der Waals surface area contributed by atoms with E-state index in [2.05, 4.69) is 100 Å². The van der Waals surface area contributed by atoms with Crippen LogP contribution in [0.25, 0.3) is 16.6 Å². The van der Waals surface area contributed by atoms with Crippen LogP contribution in [0, 0.1) is 0 Å². The quantitative estimate of drug-likeness (QED) is 0.432. The van der Waals surface area contributed by atoms with Gasteiger partial charge in [-0.05, 0) is 51.0 Å². The molecule has 6 rings (SSSR count). The van der Waals surface area contributed by atoms with Gasteiger partial charge in [0.15, 0.2) is 5.82 Å². The van der Waals surface area contributed by atoms with Crippen molar-refractivity contribution in [3.8, 4) is 5.69 Å². The minimum Gasteiger partial charge on any atom is -0.363 e. The van der Waals surface area contributed by atoms with Crippen LogP contribution < -0.4 is 10.2 Å². The van der Waals surface area contributed by atoms with E-state index in [1.165, 1.54) is 17.4 Å². The van der Waals surface area contributed by atoms with Crippen LogP contribution in [0.5, 0.6) is 0 Å². The summed E-state index contributed by atoms with van der Waals surface area (Å²) < 4.78 is 2.08. The first kappa shape index (κ1) is 21.2. The van der Waals surface area contributed by atoms with Crippen LogP contribution in [0.3, 0.4) is 0 Å². The first-order valence-corrected chi connectivity index (χ1v) is 12.4.